The second kappa shape index (κ2) is 10.7. The minimum Gasteiger partial charge on any atom is -0.289 e. The Morgan fingerprint density at radius 1 is 0.452 bits per heavy atom. The van der Waals surface area contributed by atoms with Gasteiger partial charge in [0.05, 0.1) is 24.1 Å². The Morgan fingerprint density at radius 2 is 0.786 bits per heavy atom. The van der Waals surface area contributed by atoms with Crippen LogP contribution in [0.3, 0.4) is 0 Å². The van der Waals surface area contributed by atoms with Crippen LogP contribution in [-0.2, 0) is 13.1 Å². The van der Waals surface area contributed by atoms with E-state index < -0.39 is 0 Å². The first-order valence-corrected chi connectivity index (χ1v) is 13.6. The Bertz CT molecular complexity index is 1910. The summed E-state index contributed by atoms with van der Waals surface area (Å²) in [5, 5.41) is 16.9. The highest BCUT2D eigenvalue weighted by Crippen LogP contribution is 2.18. The van der Waals surface area contributed by atoms with E-state index in [1.54, 1.807) is 24.3 Å². The van der Waals surface area contributed by atoms with Gasteiger partial charge in [-0.05, 0) is 35.4 Å². The smallest absolute Gasteiger partial charge is 0.193 e. The molecule has 202 valence electrons. The summed E-state index contributed by atoms with van der Waals surface area (Å²) in [7, 11) is 0. The van der Waals surface area contributed by atoms with Crippen LogP contribution in [0.4, 0.5) is 0 Å². The van der Waals surface area contributed by atoms with Gasteiger partial charge in [-0.25, -0.2) is 9.36 Å². The Kier molecular flexibility index (Phi) is 6.41. The number of nitrogens with zero attached hydrogens (tertiary/aromatic N) is 6. The lowest BCUT2D eigenvalue weighted by atomic mass is 9.97. The standard InChI is InChI=1S/C34H24N6O2/c41-33(25-13-9-23(10-14-25)21-39-31-7-3-1-5-29(31)35-37-39)27-17-19-28(20-18-27)34(42)26-15-11-24(12-16-26)22-40-32-8-4-2-6-30(32)36-38-40/h1-20H,21-22H2. The van der Waals surface area contributed by atoms with E-state index >= 15 is 0 Å². The number of aromatic nitrogens is 6. The van der Waals surface area contributed by atoms with Crippen LogP contribution in [0.5, 0.6) is 0 Å². The van der Waals surface area contributed by atoms with Crippen molar-refractivity contribution in [3.8, 4) is 0 Å². The molecular weight excluding hydrogens is 524 g/mol. The zero-order valence-corrected chi connectivity index (χ0v) is 22.5. The van der Waals surface area contributed by atoms with Gasteiger partial charge in [0.25, 0.3) is 0 Å². The molecule has 0 saturated carbocycles. The molecular formula is C34H24N6O2. The van der Waals surface area contributed by atoms with E-state index in [0.717, 1.165) is 33.2 Å². The van der Waals surface area contributed by atoms with Gasteiger partial charge in [0.1, 0.15) is 11.0 Å². The molecule has 8 heteroatoms. The first kappa shape index (κ1) is 25.2. The van der Waals surface area contributed by atoms with E-state index in [4.69, 9.17) is 0 Å². The fourth-order valence-electron chi connectivity index (χ4n) is 5.04. The molecule has 0 unspecified atom stereocenters. The third-order valence-electron chi connectivity index (χ3n) is 7.35. The molecule has 7 rings (SSSR count). The molecule has 0 aliphatic heterocycles. The van der Waals surface area contributed by atoms with E-state index in [2.05, 4.69) is 20.6 Å². The average molecular weight is 549 g/mol. The van der Waals surface area contributed by atoms with Gasteiger partial charge in [-0.3, -0.25) is 9.59 Å². The molecule has 0 amide bonds. The van der Waals surface area contributed by atoms with Crippen molar-refractivity contribution in [1.29, 1.82) is 0 Å². The van der Waals surface area contributed by atoms with Crippen LogP contribution < -0.4 is 0 Å². The van der Waals surface area contributed by atoms with Crippen LogP contribution in [0.15, 0.2) is 121 Å². The van der Waals surface area contributed by atoms with Gasteiger partial charge in [0, 0.05) is 22.3 Å². The number of hydrogen-bond acceptors (Lipinski definition) is 6. The third-order valence-corrected chi connectivity index (χ3v) is 7.35. The summed E-state index contributed by atoms with van der Waals surface area (Å²) >= 11 is 0. The molecule has 0 saturated heterocycles. The largest absolute Gasteiger partial charge is 0.289 e. The fourth-order valence-corrected chi connectivity index (χ4v) is 5.04. The number of ketones is 2. The first-order valence-electron chi connectivity index (χ1n) is 13.6. The van der Waals surface area contributed by atoms with Crippen molar-refractivity contribution in [2.24, 2.45) is 0 Å². The minimum atomic E-state index is -0.100. The van der Waals surface area contributed by atoms with Crippen LogP contribution >= 0.6 is 0 Å². The van der Waals surface area contributed by atoms with E-state index in [0.29, 0.717) is 35.3 Å². The molecule has 0 aliphatic carbocycles. The second-order valence-corrected chi connectivity index (χ2v) is 10.1. The summed E-state index contributed by atoms with van der Waals surface area (Å²) in [6.07, 6.45) is 0. The highest BCUT2D eigenvalue weighted by Gasteiger charge is 2.14. The van der Waals surface area contributed by atoms with E-state index in [1.807, 2.05) is 106 Å². The quantitative estimate of drug-likeness (QED) is 0.225. The molecule has 0 aliphatic rings. The molecule has 2 aromatic heterocycles. The maximum absolute atomic E-state index is 13.1. The molecule has 0 spiro atoms. The van der Waals surface area contributed by atoms with E-state index in [9.17, 15) is 9.59 Å². The fraction of sp³-hybridized carbons (Fsp3) is 0.0588. The summed E-state index contributed by atoms with van der Waals surface area (Å²) in [4.78, 5) is 26.3. The van der Waals surface area contributed by atoms with Crippen LogP contribution in [-0.4, -0.2) is 41.6 Å². The predicted molar refractivity (Wildman–Crippen MR) is 159 cm³/mol. The van der Waals surface area contributed by atoms with Gasteiger partial charge >= 0.3 is 0 Å². The SMILES string of the molecule is O=C(c1ccc(Cn2nnc3ccccc32)cc1)c1ccc(C(=O)c2ccc(Cn3nnc4ccccc43)cc2)cc1. The van der Waals surface area contributed by atoms with Gasteiger partial charge in [0.15, 0.2) is 11.6 Å². The lowest BCUT2D eigenvalue weighted by Crippen LogP contribution is -2.06. The molecule has 42 heavy (non-hydrogen) atoms. The number of para-hydroxylation sites is 2. The lowest BCUT2D eigenvalue weighted by molar-refractivity contribution is 0.102. The van der Waals surface area contributed by atoms with Crippen molar-refractivity contribution < 1.29 is 9.59 Å². The Labute approximate surface area is 240 Å². The molecule has 5 aromatic carbocycles. The highest BCUT2D eigenvalue weighted by atomic mass is 16.1. The Morgan fingerprint density at radius 3 is 1.17 bits per heavy atom. The van der Waals surface area contributed by atoms with Crippen LogP contribution in [0, 0.1) is 0 Å². The van der Waals surface area contributed by atoms with E-state index in [1.165, 1.54) is 0 Å². The maximum atomic E-state index is 13.1. The zero-order valence-electron chi connectivity index (χ0n) is 22.5. The molecule has 0 radical (unpaired) electrons. The van der Waals surface area contributed by atoms with Crippen LogP contribution in [0.2, 0.25) is 0 Å². The van der Waals surface area contributed by atoms with Crippen molar-refractivity contribution in [3.63, 3.8) is 0 Å². The van der Waals surface area contributed by atoms with Gasteiger partial charge in [-0.1, -0.05) is 107 Å². The van der Waals surface area contributed by atoms with Crippen LogP contribution in [0.25, 0.3) is 22.1 Å². The number of hydrogen-bond donors (Lipinski definition) is 0. The normalized spacial score (nSPS) is 11.2. The number of rotatable bonds is 8. The van der Waals surface area contributed by atoms with Crippen molar-refractivity contribution in [2.45, 2.75) is 13.1 Å². The topological polar surface area (TPSA) is 95.6 Å². The predicted octanol–water partition coefficient (Wildman–Crippen LogP) is 5.73. The second-order valence-electron chi connectivity index (χ2n) is 10.1. The molecule has 0 atom stereocenters. The highest BCUT2D eigenvalue weighted by molar-refractivity contribution is 6.11. The Balaban J connectivity index is 1.01. The minimum absolute atomic E-state index is 0.100. The van der Waals surface area contributed by atoms with Crippen molar-refractivity contribution in [2.75, 3.05) is 0 Å². The molecule has 0 bridgehead atoms. The summed E-state index contributed by atoms with van der Waals surface area (Å²) in [5.41, 5.74) is 7.86. The summed E-state index contributed by atoms with van der Waals surface area (Å²) in [6, 6.07) is 37.4. The Hall–Kier alpha value is -5.76. The van der Waals surface area contributed by atoms with E-state index in [-0.39, 0.29) is 11.6 Å². The average Bonchev–Trinajstić information content (AvgIpc) is 3.65. The number of carbonyl (C=O) groups excluding carboxylic acids is 2. The molecule has 0 fully saturated rings. The van der Waals surface area contributed by atoms with Crippen LogP contribution in [0.1, 0.15) is 43.0 Å². The number of benzene rings is 5. The van der Waals surface area contributed by atoms with Gasteiger partial charge in [0.2, 0.25) is 0 Å². The van der Waals surface area contributed by atoms with Gasteiger partial charge < -0.3 is 0 Å². The van der Waals surface area contributed by atoms with Crippen molar-refractivity contribution in [1.82, 2.24) is 30.0 Å². The lowest BCUT2D eigenvalue weighted by Gasteiger charge is -2.07. The van der Waals surface area contributed by atoms with Gasteiger partial charge in [-0.2, -0.15) is 0 Å². The van der Waals surface area contributed by atoms with Gasteiger partial charge in [-0.15, -0.1) is 10.2 Å². The summed E-state index contributed by atoms with van der Waals surface area (Å²) in [6.45, 7) is 1.12. The molecule has 8 nitrogen and oxygen atoms in total. The summed E-state index contributed by atoms with van der Waals surface area (Å²) in [5.74, 6) is -0.200. The molecule has 2 heterocycles. The third kappa shape index (κ3) is 4.86. The number of fused-ring (bicyclic) bond motifs is 2. The molecule has 7 aromatic rings. The summed E-state index contributed by atoms with van der Waals surface area (Å²) < 4.78 is 3.68. The van der Waals surface area contributed by atoms with Crippen molar-refractivity contribution >= 4 is 33.6 Å². The number of carbonyl (C=O) groups is 2. The monoisotopic (exact) mass is 548 g/mol. The first-order chi connectivity index (χ1) is 20.6. The maximum Gasteiger partial charge on any atom is 0.193 e. The zero-order chi connectivity index (χ0) is 28.5. The van der Waals surface area contributed by atoms with Crippen molar-refractivity contribution in [3.05, 3.63) is 155 Å². The molecule has 0 N–H and O–H groups in total.